The maximum absolute atomic E-state index is 5.95. The molecule has 0 heterocycles. The summed E-state index contributed by atoms with van der Waals surface area (Å²) in [4.78, 5) is 6.76. The highest BCUT2D eigenvalue weighted by atomic mass is 127. The number of guanidine groups is 1. The van der Waals surface area contributed by atoms with Gasteiger partial charge in [-0.05, 0) is 38.1 Å². The molecular weight excluding hydrogens is 467 g/mol. The minimum atomic E-state index is 0. The van der Waals surface area contributed by atoms with E-state index in [2.05, 4.69) is 59.5 Å². The molecule has 0 aromatic heterocycles. The summed E-state index contributed by atoms with van der Waals surface area (Å²) < 4.78 is 11.0. The van der Waals surface area contributed by atoms with E-state index in [0.29, 0.717) is 19.8 Å². The van der Waals surface area contributed by atoms with E-state index in [0.717, 1.165) is 49.9 Å². The van der Waals surface area contributed by atoms with Crippen molar-refractivity contribution in [2.45, 2.75) is 40.2 Å². The van der Waals surface area contributed by atoms with Gasteiger partial charge in [0.15, 0.2) is 5.96 Å². The van der Waals surface area contributed by atoms with Gasteiger partial charge >= 0.3 is 0 Å². The van der Waals surface area contributed by atoms with Crippen LogP contribution in [0.3, 0.4) is 0 Å². The van der Waals surface area contributed by atoms with Crippen molar-refractivity contribution in [3.63, 3.8) is 0 Å². The van der Waals surface area contributed by atoms with Crippen LogP contribution in [-0.2, 0) is 11.3 Å². The predicted molar refractivity (Wildman–Crippen MR) is 129 cm³/mol. The maximum Gasteiger partial charge on any atom is 0.191 e. The second-order valence-electron chi connectivity index (χ2n) is 6.59. The third-order valence-electron chi connectivity index (χ3n) is 4.35. The number of hydrogen-bond donors (Lipinski definition) is 2. The molecule has 7 heteroatoms. The molecular formula is C21H39IN4O2. The van der Waals surface area contributed by atoms with Crippen molar-refractivity contribution in [2.24, 2.45) is 4.99 Å². The van der Waals surface area contributed by atoms with Gasteiger partial charge < -0.3 is 25.0 Å². The first-order valence-corrected chi connectivity index (χ1v) is 10.0. The number of benzene rings is 1. The van der Waals surface area contributed by atoms with E-state index in [1.807, 2.05) is 0 Å². The van der Waals surface area contributed by atoms with E-state index in [1.165, 1.54) is 12.0 Å². The molecule has 0 atom stereocenters. The molecule has 0 fully saturated rings. The Morgan fingerprint density at radius 3 is 2.57 bits per heavy atom. The first-order valence-electron chi connectivity index (χ1n) is 10.0. The zero-order valence-electron chi connectivity index (χ0n) is 18.2. The number of aryl methyl sites for hydroxylation is 1. The van der Waals surface area contributed by atoms with E-state index >= 15 is 0 Å². The monoisotopic (exact) mass is 506 g/mol. The van der Waals surface area contributed by atoms with Gasteiger partial charge in [0.2, 0.25) is 0 Å². The summed E-state index contributed by atoms with van der Waals surface area (Å²) in [5.41, 5.74) is 2.32. The zero-order chi connectivity index (χ0) is 19.9. The van der Waals surface area contributed by atoms with Crippen LogP contribution in [0.2, 0.25) is 0 Å². The molecule has 0 aliphatic rings. The van der Waals surface area contributed by atoms with Crippen LogP contribution in [-0.4, -0.2) is 64.4 Å². The quantitative estimate of drug-likeness (QED) is 0.186. The molecule has 162 valence electrons. The van der Waals surface area contributed by atoms with Crippen LogP contribution in [0, 0.1) is 6.92 Å². The van der Waals surface area contributed by atoms with Crippen molar-refractivity contribution in [1.82, 2.24) is 15.5 Å². The third-order valence-corrected chi connectivity index (χ3v) is 4.35. The molecule has 1 aromatic carbocycles. The summed E-state index contributed by atoms with van der Waals surface area (Å²) >= 11 is 0. The zero-order valence-corrected chi connectivity index (χ0v) is 20.5. The SMILES string of the molecule is CCCN(CC)CCNC(=NC)NCc1ccc(C)cc1OCCCOC.I. The maximum atomic E-state index is 5.95. The Balaban J connectivity index is 0.00000729. The second-order valence-corrected chi connectivity index (χ2v) is 6.59. The van der Waals surface area contributed by atoms with Gasteiger partial charge in [-0.25, -0.2) is 0 Å². The Labute approximate surface area is 188 Å². The molecule has 0 aliphatic heterocycles. The van der Waals surface area contributed by atoms with Crippen LogP contribution < -0.4 is 15.4 Å². The normalized spacial score (nSPS) is 11.3. The Bertz CT molecular complexity index is 555. The van der Waals surface area contributed by atoms with Gasteiger partial charge in [0.1, 0.15) is 5.75 Å². The first kappa shape index (κ1) is 26.9. The highest BCUT2D eigenvalue weighted by molar-refractivity contribution is 14.0. The van der Waals surface area contributed by atoms with E-state index in [4.69, 9.17) is 9.47 Å². The summed E-state index contributed by atoms with van der Waals surface area (Å²) in [5, 5.41) is 6.78. The fraction of sp³-hybridized carbons (Fsp3) is 0.667. The molecule has 0 saturated carbocycles. The van der Waals surface area contributed by atoms with Gasteiger partial charge in [0.05, 0.1) is 6.61 Å². The number of rotatable bonds is 13. The molecule has 2 N–H and O–H groups in total. The van der Waals surface area contributed by atoms with Crippen molar-refractivity contribution in [3.8, 4) is 5.75 Å². The van der Waals surface area contributed by atoms with Crippen molar-refractivity contribution in [3.05, 3.63) is 29.3 Å². The minimum Gasteiger partial charge on any atom is -0.493 e. The number of ether oxygens (including phenoxy) is 2. The Kier molecular flexibility index (Phi) is 16.2. The van der Waals surface area contributed by atoms with Crippen molar-refractivity contribution in [2.75, 3.05) is 53.6 Å². The van der Waals surface area contributed by atoms with Crippen LogP contribution in [0.25, 0.3) is 0 Å². The molecule has 0 aliphatic carbocycles. The standard InChI is InChI=1S/C21H38N4O2.HI/c1-6-12-25(7-2)13-11-23-21(22-4)24-17-19-10-9-18(3)16-20(19)27-15-8-14-26-5;/h9-10,16H,6-8,11-15,17H2,1-5H3,(H2,22,23,24);1H. The lowest BCUT2D eigenvalue weighted by Crippen LogP contribution is -2.41. The molecule has 0 amide bonds. The molecule has 1 rings (SSSR count). The van der Waals surface area contributed by atoms with Gasteiger partial charge in [-0.3, -0.25) is 4.99 Å². The van der Waals surface area contributed by atoms with Crippen LogP contribution in [0.5, 0.6) is 5.75 Å². The highest BCUT2D eigenvalue weighted by Crippen LogP contribution is 2.20. The molecule has 6 nitrogen and oxygen atoms in total. The number of aliphatic imine (C=N–C) groups is 1. The summed E-state index contributed by atoms with van der Waals surface area (Å²) in [5.74, 6) is 1.74. The predicted octanol–water partition coefficient (Wildman–Crippen LogP) is 3.43. The second kappa shape index (κ2) is 16.9. The van der Waals surface area contributed by atoms with Gasteiger partial charge in [0.25, 0.3) is 0 Å². The lowest BCUT2D eigenvalue weighted by atomic mass is 10.1. The molecule has 28 heavy (non-hydrogen) atoms. The van der Waals surface area contributed by atoms with Crippen molar-refractivity contribution < 1.29 is 9.47 Å². The fourth-order valence-corrected chi connectivity index (χ4v) is 2.80. The Morgan fingerprint density at radius 1 is 1.14 bits per heavy atom. The Hall–Kier alpha value is -1.06. The van der Waals surface area contributed by atoms with Gasteiger partial charge in [-0.1, -0.05) is 26.0 Å². The highest BCUT2D eigenvalue weighted by Gasteiger charge is 2.07. The number of likely N-dealkylation sites (N-methyl/N-ethyl adjacent to an activating group) is 1. The molecule has 1 aromatic rings. The molecule has 0 radical (unpaired) electrons. The number of halogens is 1. The topological polar surface area (TPSA) is 58.1 Å². The van der Waals surface area contributed by atoms with Crippen LogP contribution in [0.15, 0.2) is 23.2 Å². The summed E-state index contributed by atoms with van der Waals surface area (Å²) in [6.45, 7) is 12.6. The van der Waals surface area contributed by atoms with Gasteiger partial charge in [-0.2, -0.15) is 0 Å². The van der Waals surface area contributed by atoms with E-state index in [9.17, 15) is 0 Å². The smallest absolute Gasteiger partial charge is 0.191 e. The fourth-order valence-electron chi connectivity index (χ4n) is 2.80. The van der Waals surface area contributed by atoms with E-state index < -0.39 is 0 Å². The third kappa shape index (κ3) is 11.1. The van der Waals surface area contributed by atoms with E-state index in [-0.39, 0.29) is 24.0 Å². The first-order chi connectivity index (χ1) is 13.1. The average molecular weight is 506 g/mol. The molecule has 0 saturated heterocycles. The van der Waals surface area contributed by atoms with Crippen LogP contribution in [0.1, 0.15) is 37.8 Å². The summed E-state index contributed by atoms with van der Waals surface area (Å²) in [7, 11) is 3.51. The molecule has 0 spiro atoms. The lowest BCUT2D eigenvalue weighted by molar-refractivity contribution is 0.171. The van der Waals surface area contributed by atoms with Crippen molar-refractivity contribution >= 4 is 29.9 Å². The Morgan fingerprint density at radius 2 is 1.93 bits per heavy atom. The summed E-state index contributed by atoms with van der Waals surface area (Å²) in [6, 6.07) is 6.31. The van der Waals surface area contributed by atoms with Gasteiger partial charge in [0, 0.05) is 52.4 Å². The number of nitrogens with zero attached hydrogens (tertiary/aromatic N) is 2. The summed E-state index contributed by atoms with van der Waals surface area (Å²) in [6.07, 6.45) is 2.06. The number of methoxy groups -OCH3 is 1. The molecule has 0 unspecified atom stereocenters. The van der Waals surface area contributed by atoms with Crippen LogP contribution in [0.4, 0.5) is 0 Å². The average Bonchev–Trinajstić information content (AvgIpc) is 2.68. The number of nitrogens with one attached hydrogen (secondary N) is 2. The van der Waals surface area contributed by atoms with Crippen molar-refractivity contribution in [1.29, 1.82) is 0 Å². The minimum absolute atomic E-state index is 0. The van der Waals surface area contributed by atoms with Crippen LogP contribution >= 0.6 is 24.0 Å². The van der Waals surface area contributed by atoms with Gasteiger partial charge in [-0.15, -0.1) is 24.0 Å². The lowest BCUT2D eigenvalue weighted by Gasteiger charge is -2.20. The molecule has 0 bridgehead atoms. The number of hydrogen-bond acceptors (Lipinski definition) is 4. The van der Waals surface area contributed by atoms with E-state index in [1.54, 1.807) is 14.2 Å². The largest absolute Gasteiger partial charge is 0.493 e.